The fraction of sp³-hybridized carbons (Fsp3) is 0.222. The second-order valence-corrected chi connectivity index (χ2v) is 5.70. The third-order valence-corrected chi connectivity index (χ3v) is 3.96. The summed E-state index contributed by atoms with van der Waals surface area (Å²) in [5.74, 6) is -1.32. The SMILES string of the molecule is O=C(O)CC/C(O)=c1\c(=O)cc(CCc2ccccc2)n2ncnc12. The van der Waals surface area contributed by atoms with E-state index < -0.39 is 5.97 Å². The fourth-order valence-corrected chi connectivity index (χ4v) is 2.73. The van der Waals surface area contributed by atoms with Crippen molar-refractivity contribution in [3.63, 3.8) is 0 Å². The minimum Gasteiger partial charge on any atom is -0.511 e. The molecule has 0 fully saturated rings. The number of hydrogen-bond acceptors (Lipinski definition) is 5. The van der Waals surface area contributed by atoms with E-state index in [4.69, 9.17) is 5.11 Å². The molecule has 3 aromatic rings. The zero-order valence-corrected chi connectivity index (χ0v) is 13.4. The summed E-state index contributed by atoms with van der Waals surface area (Å²) in [5, 5.41) is 23.0. The summed E-state index contributed by atoms with van der Waals surface area (Å²) in [6, 6.07) is 11.3. The quantitative estimate of drug-likeness (QED) is 0.697. The summed E-state index contributed by atoms with van der Waals surface area (Å²) in [4.78, 5) is 27.2. The van der Waals surface area contributed by atoms with Gasteiger partial charge in [-0.1, -0.05) is 30.3 Å². The number of aryl methyl sites for hydroxylation is 2. The van der Waals surface area contributed by atoms with Gasteiger partial charge in [0, 0.05) is 18.2 Å². The molecule has 0 atom stereocenters. The van der Waals surface area contributed by atoms with Crippen LogP contribution in [0.5, 0.6) is 0 Å². The average Bonchev–Trinajstić information content (AvgIpc) is 3.08. The zero-order valence-electron chi connectivity index (χ0n) is 13.4. The van der Waals surface area contributed by atoms with Gasteiger partial charge in [0.15, 0.2) is 11.1 Å². The molecule has 0 aliphatic rings. The van der Waals surface area contributed by atoms with Gasteiger partial charge in [-0.25, -0.2) is 9.50 Å². The molecule has 2 aromatic heterocycles. The molecule has 0 aliphatic heterocycles. The first-order valence-corrected chi connectivity index (χ1v) is 7.89. The van der Waals surface area contributed by atoms with Crippen molar-refractivity contribution in [2.24, 2.45) is 0 Å². The van der Waals surface area contributed by atoms with Gasteiger partial charge in [-0.05, 0) is 18.4 Å². The highest BCUT2D eigenvalue weighted by molar-refractivity contribution is 5.68. The Kier molecular flexibility index (Phi) is 4.74. The Labute approximate surface area is 142 Å². The van der Waals surface area contributed by atoms with Crippen molar-refractivity contribution >= 4 is 17.4 Å². The van der Waals surface area contributed by atoms with E-state index in [2.05, 4.69) is 10.1 Å². The third kappa shape index (κ3) is 3.65. The van der Waals surface area contributed by atoms with Crippen LogP contribution in [0.25, 0.3) is 11.4 Å². The standard InChI is InChI=1S/C18H17N3O4/c22-14(8-9-16(24)25)17-15(23)10-13(21-18(17)19-11-20-21)7-6-12-4-2-1-3-5-12/h1-5,10-11,22H,6-9H2,(H,24,25)/b17-14-. The summed E-state index contributed by atoms with van der Waals surface area (Å²) >= 11 is 0. The molecule has 0 unspecified atom stereocenters. The molecule has 128 valence electrons. The Balaban J connectivity index is 1.99. The maximum atomic E-state index is 12.4. The van der Waals surface area contributed by atoms with Crippen molar-refractivity contribution < 1.29 is 15.0 Å². The van der Waals surface area contributed by atoms with Crippen LogP contribution >= 0.6 is 0 Å². The Bertz CT molecular complexity index is 1010. The first kappa shape index (κ1) is 16.6. The van der Waals surface area contributed by atoms with Gasteiger partial charge >= 0.3 is 5.97 Å². The van der Waals surface area contributed by atoms with Gasteiger partial charge in [0.25, 0.3) is 0 Å². The Morgan fingerprint density at radius 1 is 1.08 bits per heavy atom. The van der Waals surface area contributed by atoms with Gasteiger partial charge in [0.05, 0.1) is 6.42 Å². The van der Waals surface area contributed by atoms with Crippen LogP contribution < -0.4 is 10.6 Å². The van der Waals surface area contributed by atoms with Gasteiger partial charge in [0.1, 0.15) is 17.3 Å². The molecule has 7 nitrogen and oxygen atoms in total. The molecule has 1 aromatic carbocycles. The molecule has 3 rings (SSSR count). The number of aliphatic hydroxyl groups excluding tert-OH is 1. The van der Waals surface area contributed by atoms with E-state index in [0.717, 1.165) is 12.0 Å². The van der Waals surface area contributed by atoms with Crippen molar-refractivity contribution in [3.8, 4) is 0 Å². The van der Waals surface area contributed by atoms with E-state index in [1.54, 1.807) is 0 Å². The van der Waals surface area contributed by atoms with Gasteiger partial charge < -0.3 is 10.2 Å². The van der Waals surface area contributed by atoms with Crippen LogP contribution in [0.1, 0.15) is 24.1 Å². The lowest BCUT2D eigenvalue weighted by molar-refractivity contribution is -0.136. The van der Waals surface area contributed by atoms with Crippen LogP contribution in [0.3, 0.4) is 0 Å². The number of benzene rings is 1. The molecule has 2 N–H and O–H groups in total. The Hall–Kier alpha value is -3.22. The molecule has 0 saturated heterocycles. The topological polar surface area (TPSA) is 105 Å². The minimum absolute atomic E-state index is 0.0159. The van der Waals surface area contributed by atoms with E-state index in [1.807, 2.05) is 30.3 Å². The molecule has 0 bridgehead atoms. The molecule has 0 saturated carbocycles. The lowest BCUT2D eigenvalue weighted by atomic mass is 10.1. The van der Waals surface area contributed by atoms with E-state index in [-0.39, 0.29) is 34.9 Å². The van der Waals surface area contributed by atoms with Crippen LogP contribution in [0, 0.1) is 0 Å². The predicted molar refractivity (Wildman–Crippen MR) is 91.2 cm³/mol. The van der Waals surface area contributed by atoms with E-state index in [1.165, 1.54) is 16.9 Å². The lowest BCUT2D eigenvalue weighted by Gasteiger charge is -2.05. The van der Waals surface area contributed by atoms with Crippen molar-refractivity contribution in [1.29, 1.82) is 0 Å². The van der Waals surface area contributed by atoms with E-state index >= 15 is 0 Å². The van der Waals surface area contributed by atoms with Crippen LogP contribution in [0.2, 0.25) is 0 Å². The van der Waals surface area contributed by atoms with Crippen LogP contribution in [0.15, 0.2) is 47.5 Å². The third-order valence-electron chi connectivity index (χ3n) is 3.96. The van der Waals surface area contributed by atoms with Gasteiger partial charge in [-0.2, -0.15) is 5.10 Å². The maximum Gasteiger partial charge on any atom is 0.303 e. The highest BCUT2D eigenvalue weighted by atomic mass is 16.4. The van der Waals surface area contributed by atoms with E-state index in [0.29, 0.717) is 12.1 Å². The average molecular weight is 339 g/mol. The molecule has 7 heteroatoms. The van der Waals surface area contributed by atoms with Crippen LogP contribution in [0.4, 0.5) is 0 Å². The predicted octanol–water partition coefficient (Wildman–Crippen LogP) is 1.12. The summed E-state index contributed by atoms with van der Waals surface area (Å²) in [7, 11) is 0. The normalized spacial score (nSPS) is 12.3. The fourth-order valence-electron chi connectivity index (χ4n) is 2.73. The van der Waals surface area contributed by atoms with Gasteiger partial charge in [0.2, 0.25) is 0 Å². The zero-order chi connectivity index (χ0) is 17.8. The number of carboxylic acid groups (broad SMARTS) is 1. The highest BCUT2D eigenvalue weighted by Crippen LogP contribution is 2.07. The smallest absolute Gasteiger partial charge is 0.303 e. The number of aliphatic hydroxyl groups is 1. The van der Waals surface area contributed by atoms with Crippen LogP contribution in [-0.2, 0) is 17.6 Å². The van der Waals surface area contributed by atoms with Crippen molar-refractivity contribution in [1.82, 2.24) is 14.6 Å². The van der Waals surface area contributed by atoms with Gasteiger partial charge in [-0.3, -0.25) is 9.59 Å². The molecule has 0 radical (unpaired) electrons. The molecule has 2 heterocycles. The summed E-state index contributed by atoms with van der Waals surface area (Å²) in [6.07, 6.45) is 2.26. The summed E-state index contributed by atoms with van der Waals surface area (Å²) in [5.41, 5.74) is 1.70. The number of pyridine rings is 1. The number of aromatic nitrogens is 3. The highest BCUT2D eigenvalue weighted by Gasteiger charge is 2.12. The molecule has 0 aliphatic carbocycles. The number of carbonyl (C=O) groups is 1. The van der Waals surface area contributed by atoms with E-state index in [9.17, 15) is 14.7 Å². The number of rotatable bonds is 6. The molecule has 25 heavy (non-hydrogen) atoms. The number of carboxylic acids is 1. The molecule has 0 amide bonds. The lowest BCUT2D eigenvalue weighted by Crippen LogP contribution is -2.31. The monoisotopic (exact) mass is 339 g/mol. The molecule has 0 spiro atoms. The summed E-state index contributed by atoms with van der Waals surface area (Å²) in [6.45, 7) is 0. The molecular formula is C18H17N3O4. The van der Waals surface area contributed by atoms with Crippen molar-refractivity contribution in [2.75, 3.05) is 0 Å². The number of aliphatic carboxylic acids is 1. The minimum atomic E-state index is -1.05. The van der Waals surface area contributed by atoms with Crippen molar-refractivity contribution in [3.05, 3.63) is 69.4 Å². The van der Waals surface area contributed by atoms with Gasteiger partial charge in [-0.15, -0.1) is 0 Å². The Morgan fingerprint density at radius 2 is 1.84 bits per heavy atom. The number of fused-ring (bicyclic) bond motifs is 1. The second kappa shape index (κ2) is 7.12. The summed E-state index contributed by atoms with van der Waals surface area (Å²) < 4.78 is 1.52. The van der Waals surface area contributed by atoms with Crippen LogP contribution in [-0.4, -0.2) is 30.8 Å². The maximum absolute atomic E-state index is 12.4. The molecular weight excluding hydrogens is 322 g/mol. The van der Waals surface area contributed by atoms with Crippen molar-refractivity contribution in [2.45, 2.75) is 25.7 Å². The first-order valence-electron chi connectivity index (χ1n) is 7.89. The second-order valence-electron chi connectivity index (χ2n) is 5.70. The largest absolute Gasteiger partial charge is 0.511 e. The Morgan fingerprint density at radius 3 is 2.56 bits per heavy atom. The number of hydrogen-bond donors (Lipinski definition) is 2. The first-order chi connectivity index (χ1) is 12.1. The number of nitrogens with zero attached hydrogens (tertiary/aromatic N) is 3.